The van der Waals surface area contributed by atoms with Gasteiger partial charge >= 0.3 is 0 Å². The van der Waals surface area contributed by atoms with Gasteiger partial charge in [-0.3, -0.25) is 4.72 Å². The van der Waals surface area contributed by atoms with E-state index in [0.29, 0.717) is 47.7 Å². The SMILES string of the molecule is CCCS(=O)(=O)Nc1ccc(F)c(Nc2ncnc3ccc(-c4cccc(OCCOC)n4)cc23)c1F. The number of anilines is 3. The van der Waals surface area contributed by atoms with Crippen LogP contribution in [0.4, 0.5) is 26.0 Å². The highest BCUT2D eigenvalue weighted by Gasteiger charge is 2.19. The number of pyridine rings is 1. The van der Waals surface area contributed by atoms with Crippen LogP contribution in [0.15, 0.2) is 54.9 Å². The van der Waals surface area contributed by atoms with Crippen molar-refractivity contribution >= 4 is 38.1 Å². The molecule has 12 heteroatoms. The maximum atomic E-state index is 15.2. The maximum Gasteiger partial charge on any atom is 0.232 e. The van der Waals surface area contributed by atoms with Crippen LogP contribution < -0.4 is 14.8 Å². The van der Waals surface area contributed by atoms with Crippen molar-refractivity contribution in [3.8, 4) is 17.1 Å². The van der Waals surface area contributed by atoms with Gasteiger partial charge in [0.15, 0.2) is 5.82 Å². The number of nitrogens with one attached hydrogen (secondary N) is 2. The number of hydrogen-bond acceptors (Lipinski definition) is 8. The van der Waals surface area contributed by atoms with Gasteiger partial charge in [0.1, 0.15) is 30.3 Å². The Kier molecular flexibility index (Phi) is 8.09. The van der Waals surface area contributed by atoms with Crippen molar-refractivity contribution < 1.29 is 26.7 Å². The molecule has 2 N–H and O–H groups in total. The van der Waals surface area contributed by atoms with Gasteiger partial charge in [0.25, 0.3) is 0 Å². The number of hydrogen-bond donors (Lipinski definition) is 2. The molecular weight excluding hydrogens is 504 g/mol. The minimum absolute atomic E-state index is 0.130. The molecule has 0 amide bonds. The van der Waals surface area contributed by atoms with Crippen LogP contribution >= 0.6 is 0 Å². The Morgan fingerprint density at radius 1 is 1.03 bits per heavy atom. The number of benzene rings is 2. The minimum atomic E-state index is -3.78. The van der Waals surface area contributed by atoms with Crippen LogP contribution in [0.1, 0.15) is 13.3 Å². The Labute approximate surface area is 212 Å². The number of rotatable bonds is 11. The van der Waals surface area contributed by atoms with E-state index in [1.54, 1.807) is 44.4 Å². The molecule has 0 saturated heterocycles. The standard InChI is InChI=1S/C25H25F2N5O4S/c1-3-13-37(33,34)32-21-10-8-18(26)24(23(21)27)31-25-17-14-16(7-9-20(17)28-15-29-25)19-5-4-6-22(30-19)36-12-11-35-2/h4-10,14-15,32H,3,11-13H2,1-2H3,(H,28,29,31). The summed E-state index contributed by atoms with van der Waals surface area (Å²) in [5.41, 5.74) is 0.912. The number of fused-ring (bicyclic) bond motifs is 1. The Balaban J connectivity index is 1.69. The van der Waals surface area contributed by atoms with E-state index in [1.807, 2.05) is 6.07 Å². The average Bonchev–Trinajstić information content (AvgIpc) is 2.88. The van der Waals surface area contributed by atoms with Crippen molar-refractivity contribution in [1.29, 1.82) is 0 Å². The molecule has 0 aliphatic heterocycles. The Morgan fingerprint density at radius 2 is 1.86 bits per heavy atom. The third-order valence-electron chi connectivity index (χ3n) is 5.26. The highest BCUT2D eigenvalue weighted by Crippen LogP contribution is 2.32. The van der Waals surface area contributed by atoms with Crippen LogP contribution in [0.5, 0.6) is 5.88 Å². The van der Waals surface area contributed by atoms with Gasteiger partial charge in [0.2, 0.25) is 15.9 Å². The van der Waals surface area contributed by atoms with Crippen LogP contribution in [0.25, 0.3) is 22.2 Å². The first-order valence-corrected chi connectivity index (χ1v) is 13.1. The molecule has 2 heterocycles. The van der Waals surface area contributed by atoms with Gasteiger partial charge in [-0.05, 0) is 36.8 Å². The zero-order valence-corrected chi connectivity index (χ0v) is 21.0. The van der Waals surface area contributed by atoms with Gasteiger partial charge in [0.05, 0.1) is 29.3 Å². The molecule has 0 spiro atoms. The van der Waals surface area contributed by atoms with E-state index in [-0.39, 0.29) is 17.3 Å². The second-order valence-corrected chi connectivity index (χ2v) is 9.83. The van der Waals surface area contributed by atoms with E-state index < -0.39 is 27.3 Å². The molecule has 4 rings (SSSR count). The van der Waals surface area contributed by atoms with Gasteiger partial charge in [0, 0.05) is 24.1 Å². The summed E-state index contributed by atoms with van der Waals surface area (Å²) in [6.07, 6.45) is 1.60. The van der Waals surface area contributed by atoms with E-state index in [0.717, 1.165) is 12.1 Å². The van der Waals surface area contributed by atoms with Crippen LogP contribution in [0, 0.1) is 11.6 Å². The summed E-state index contributed by atoms with van der Waals surface area (Å²) in [5.74, 6) is -1.65. The predicted molar refractivity (Wildman–Crippen MR) is 137 cm³/mol. The first-order chi connectivity index (χ1) is 17.8. The number of ether oxygens (including phenoxy) is 2. The summed E-state index contributed by atoms with van der Waals surface area (Å²) >= 11 is 0. The lowest BCUT2D eigenvalue weighted by Crippen LogP contribution is -2.17. The maximum absolute atomic E-state index is 15.2. The fourth-order valence-electron chi connectivity index (χ4n) is 3.55. The van der Waals surface area contributed by atoms with Crippen LogP contribution in [-0.2, 0) is 14.8 Å². The van der Waals surface area contributed by atoms with Gasteiger partial charge in [-0.1, -0.05) is 19.1 Å². The molecule has 0 fully saturated rings. The summed E-state index contributed by atoms with van der Waals surface area (Å²) in [4.78, 5) is 12.9. The molecule has 0 atom stereocenters. The molecule has 0 aliphatic carbocycles. The quantitative estimate of drug-likeness (QED) is 0.264. The van der Waals surface area contributed by atoms with Crippen molar-refractivity contribution in [3.63, 3.8) is 0 Å². The predicted octanol–water partition coefficient (Wildman–Crippen LogP) is 4.89. The number of nitrogens with zero attached hydrogens (tertiary/aromatic N) is 3. The Morgan fingerprint density at radius 3 is 2.65 bits per heavy atom. The number of aromatic nitrogens is 3. The first kappa shape index (κ1) is 26.2. The van der Waals surface area contributed by atoms with Gasteiger partial charge in [-0.25, -0.2) is 32.2 Å². The third-order valence-corrected chi connectivity index (χ3v) is 6.74. The lowest BCUT2D eigenvalue weighted by molar-refractivity contribution is 0.144. The van der Waals surface area contributed by atoms with Gasteiger partial charge in [-0.15, -0.1) is 0 Å². The molecule has 9 nitrogen and oxygen atoms in total. The van der Waals surface area contributed by atoms with E-state index in [4.69, 9.17) is 9.47 Å². The highest BCUT2D eigenvalue weighted by molar-refractivity contribution is 7.92. The molecule has 0 unspecified atom stereocenters. The molecule has 0 radical (unpaired) electrons. The van der Waals surface area contributed by atoms with Gasteiger partial charge < -0.3 is 14.8 Å². The Hall–Kier alpha value is -3.90. The van der Waals surface area contributed by atoms with E-state index in [2.05, 4.69) is 25.0 Å². The van der Waals surface area contributed by atoms with Crippen molar-refractivity contribution in [2.75, 3.05) is 36.1 Å². The minimum Gasteiger partial charge on any atom is -0.475 e. The zero-order valence-electron chi connectivity index (χ0n) is 20.2. The molecule has 0 aliphatic rings. The van der Waals surface area contributed by atoms with E-state index >= 15 is 4.39 Å². The van der Waals surface area contributed by atoms with Crippen LogP contribution in [-0.4, -0.2) is 49.4 Å². The molecular formula is C25H25F2N5O4S. The Bertz CT molecular complexity index is 1520. The summed E-state index contributed by atoms with van der Waals surface area (Å²) in [5, 5.41) is 3.15. The summed E-state index contributed by atoms with van der Waals surface area (Å²) in [6, 6.07) is 12.6. The largest absolute Gasteiger partial charge is 0.475 e. The molecule has 194 valence electrons. The van der Waals surface area contributed by atoms with Crippen molar-refractivity contribution in [2.24, 2.45) is 0 Å². The molecule has 2 aromatic heterocycles. The molecule has 37 heavy (non-hydrogen) atoms. The smallest absolute Gasteiger partial charge is 0.232 e. The van der Waals surface area contributed by atoms with Crippen molar-refractivity contribution in [3.05, 3.63) is 66.5 Å². The third kappa shape index (κ3) is 6.27. The second-order valence-electron chi connectivity index (χ2n) is 7.99. The normalized spacial score (nSPS) is 11.5. The van der Waals surface area contributed by atoms with Crippen LogP contribution in [0.2, 0.25) is 0 Å². The topological polar surface area (TPSA) is 115 Å². The van der Waals surface area contributed by atoms with Crippen LogP contribution in [0.3, 0.4) is 0 Å². The summed E-state index contributed by atoms with van der Waals surface area (Å²) in [6.45, 7) is 2.45. The second kappa shape index (κ2) is 11.4. The molecule has 2 aromatic carbocycles. The molecule has 0 bridgehead atoms. The zero-order chi connectivity index (χ0) is 26.4. The number of halogens is 2. The van der Waals surface area contributed by atoms with Gasteiger partial charge in [-0.2, -0.15) is 0 Å². The number of sulfonamides is 1. The van der Waals surface area contributed by atoms with Crippen molar-refractivity contribution in [1.82, 2.24) is 15.0 Å². The molecule has 4 aromatic rings. The highest BCUT2D eigenvalue weighted by atomic mass is 32.2. The van der Waals surface area contributed by atoms with Crippen molar-refractivity contribution in [2.45, 2.75) is 13.3 Å². The lowest BCUT2D eigenvalue weighted by Gasteiger charge is -2.14. The fraction of sp³-hybridized carbons (Fsp3) is 0.240. The monoisotopic (exact) mass is 529 g/mol. The summed E-state index contributed by atoms with van der Waals surface area (Å²) < 4.78 is 66.8. The lowest BCUT2D eigenvalue weighted by atomic mass is 10.1. The first-order valence-electron chi connectivity index (χ1n) is 11.4. The van der Waals surface area contributed by atoms with E-state index in [9.17, 15) is 12.8 Å². The van der Waals surface area contributed by atoms with E-state index in [1.165, 1.54) is 6.33 Å². The average molecular weight is 530 g/mol. The summed E-state index contributed by atoms with van der Waals surface area (Å²) in [7, 11) is -2.20. The number of methoxy groups -OCH3 is 1. The fourth-order valence-corrected chi connectivity index (χ4v) is 4.68. The molecule has 0 saturated carbocycles.